The number of benzene rings is 1. The van der Waals surface area contributed by atoms with Gasteiger partial charge in [-0.05, 0) is 45.9 Å². The van der Waals surface area contributed by atoms with E-state index in [1.165, 1.54) is 0 Å². The van der Waals surface area contributed by atoms with E-state index in [0.717, 1.165) is 11.3 Å². The van der Waals surface area contributed by atoms with Crippen LogP contribution in [0.15, 0.2) is 36.4 Å². The highest BCUT2D eigenvalue weighted by molar-refractivity contribution is 5.28. The Morgan fingerprint density at radius 3 is 2.33 bits per heavy atom. The highest BCUT2D eigenvalue weighted by Crippen LogP contribution is 2.43. The molecule has 36 heavy (non-hydrogen) atoms. The van der Waals surface area contributed by atoms with Gasteiger partial charge in [-0.15, -0.1) is 0 Å². The standard InChI is InChI=1S/C26H34O10/c1-25(2)29-13-18(34-25)20-21(22-24(33-20)36-26(3,4)35-22)32-19-11-10-16-17(30-19)12-28-23(31-16)14-6-8-15(27-5)9-7-14/h6-11,16-24H,12-13H2,1-5H3/t16-,17+,18-,19-,20+,21-,22+,23?,24+/m0/s1. The minimum atomic E-state index is -0.774. The predicted octanol–water partition coefficient (Wildman–Crippen LogP) is 2.80. The van der Waals surface area contributed by atoms with Crippen LogP contribution in [0.2, 0.25) is 0 Å². The first kappa shape index (κ1) is 24.7. The van der Waals surface area contributed by atoms with E-state index in [1.807, 2.05) is 64.1 Å². The van der Waals surface area contributed by atoms with Crippen molar-refractivity contribution in [1.82, 2.24) is 0 Å². The predicted molar refractivity (Wildman–Crippen MR) is 123 cm³/mol. The van der Waals surface area contributed by atoms with Gasteiger partial charge in [0.25, 0.3) is 0 Å². The number of rotatable bonds is 5. The summed E-state index contributed by atoms with van der Waals surface area (Å²) in [5, 5.41) is 0. The zero-order valence-corrected chi connectivity index (χ0v) is 21.2. The average Bonchev–Trinajstić information content (AvgIpc) is 3.48. The third-order valence-corrected chi connectivity index (χ3v) is 6.93. The molecule has 0 aliphatic carbocycles. The van der Waals surface area contributed by atoms with Gasteiger partial charge in [0.2, 0.25) is 0 Å². The lowest BCUT2D eigenvalue weighted by Gasteiger charge is -2.40. The van der Waals surface area contributed by atoms with Crippen LogP contribution < -0.4 is 4.74 Å². The van der Waals surface area contributed by atoms with E-state index in [0.29, 0.717) is 13.2 Å². The second-order valence-corrected chi connectivity index (χ2v) is 10.5. The number of hydrogen-bond donors (Lipinski definition) is 0. The molecule has 5 aliphatic rings. The van der Waals surface area contributed by atoms with Crippen LogP contribution >= 0.6 is 0 Å². The van der Waals surface area contributed by atoms with E-state index in [4.69, 9.17) is 47.4 Å². The molecule has 9 atom stereocenters. The van der Waals surface area contributed by atoms with Crippen molar-refractivity contribution < 1.29 is 47.4 Å². The van der Waals surface area contributed by atoms with Crippen LogP contribution in [0, 0.1) is 0 Å². The minimum absolute atomic E-state index is 0.258. The third kappa shape index (κ3) is 4.82. The molecule has 6 rings (SSSR count). The third-order valence-electron chi connectivity index (χ3n) is 6.93. The Hall–Kier alpha value is -1.60. The van der Waals surface area contributed by atoms with Crippen molar-refractivity contribution in [3.05, 3.63) is 42.0 Å². The summed E-state index contributed by atoms with van der Waals surface area (Å²) in [6.45, 7) is 8.23. The van der Waals surface area contributed by atoms with Gasteiger partial charge in [0.15, 0.2) is 30.4 Å². The molecule has 5 heterocycles. The Kier molecular flexibility index (Phi) is 6.39. The monoisotopic (exact) mass is 506 g/mol. The average molecular weight is 507 g/mol. The van der Waals surface area contributed by atoms with Crippen LogP contribution in [0.1, 0.15) is 39.5 Å². The van der Waals surface area contributed by atoms with E-state index in [2.05, 4.69) is 0 Å². The van der Waals surface area contributed by atoms with Crippen LogP contribution in [0.5, 0.6) is 5.75 Å². The summed E-state index contributed by atoms with van der Waals surface area (Å²) >= 11 is 0. The normalized spacial score (nSPS) is 42.8. The molecule has 0 spiro atoms. The summed E-state index contributed by atoms with van der Waals surface area (Å²) < 4.78 is 60.2. The lowest BCUT2D eigenvalue weighted by molar-refractivity contribution is -0.297. The Balaban J connectivity index is 1.13. The molecule has 0 bridgehead atoms. The molecular weight excluding hydrogens is 472 g/mol. The fourth-order valence-corrected chi connectivity index (χ4v) is 5.25. The second kappa shape index (κ2) is 9.30. The van der Waals surface area contributed by atoms with Gasteiger partial charge < -0.3 is 47.4 Å². The van der Waals surface area contributed by atoms with Gasteiger partial charge in [0.1, 0.15) is 42.4 Å². The van der Waals surface area contributed by atoms with Crippen LogP contribution in [0.3, 0.4) is 0 Å². The number of ether oxygens (including phenoxy) is 10. The van der Waals surface area contributed by atoms with Crippen molar-refractivity contribution in [2.24, 2.45) is 0 Å². The van der Waals surface area contributed by atoms with E-state index in [1.54, 1.807) is 7.11 Å². The fraction of sp³-hybridized carbons (Fsp3) is 0.692. The Morgan fingerprint density at radius 2 is 1.61 bits per heavy atom. The number of hydrogen-bond acceptors (Lipinski definition) is 10. The summed E-state index contributed by atoms with van der Waals surface area (Å²) in [6.07, 6.45) is -0.0856. The maximum absolute atomic E-state index is 6.44. The topological polar surface area (TPSA) is 92.3 Å². The highest BCUT2D eigenvalue weighted by atomic mass is 16.9. The van der Waals surface area contributed by atoms with Crippen molar-refractivity contribution in [3.63, 3.8) is 0 Å². The van der Waals surface area contributed by atoms with Crippen molar-refractivity contribution in [1.29, 1.82) is 0 Å². The van der Waals surface area contributed by atoms with Crippen molar-refractivity contribution >= 4 is 0 Å². The molecule has 0 aromatic heterocycles. The Labute approximate surface area is 210 Å². The van der Waals surface area contributed by atoms with Crippen LogP contribution in [-0.4, -0.2) is 81.1 Å². The zero-order chi connectivity index (χ0) is 25.1. The molecule has 4 saturated heterocycles. The SMILES string of the molecule is COc1ccc(C2OC[C@H]3O[C@@H](O[C@@H]4[C@H]5OC(C)(C)O[C@H]5O[C@@H]4[C@@H]4COC(C)(C)O4)C=C[C@@H]3O2)cc1. The first-order chi connectivity index (χ1) is 17.2. The molecule has 0 N–H and O–H groups in total. The molecule has 1 unspecified atom stereocenters. The minimum Gasteiger partial charge on any atom is -0.497 e. The first-order valence-electron chi connectivity index (χ1n) is 12.4. The summed E-state index contributed by atoms with van der Waals surface area (Å²) in [4.78, 5) is 0. The molecule has 10 nitrogen and oxygen atoms in total. The molecule has 0 saturated carbocycles. The molecule has 1 aromatic carbocycles. The maximum atomic E-state index is 6.44. The van der Waals surface area contributed by atoms with E-state index >= 15 is 0 Å². The smallest absolute Gasteiger partial charge is 0.190 e. The molecular formula is C26H34O10. The molecule has 10 heteroatoms. The summed E-state index contributed by atoms with van der Waals surface area (Å²) in [5.41, 5.74) is 0.917. The molecule has 1 aromatic rings. The van der Waals surface area contributed by atoms with Gasteiger partial charge in [-0.1, -0.05) is 18.2 Å². The van der Waals surface area contributed by atoms with Gasteiger partial charge in [-0.25, -0.2) is 0 Å². The molecule has 0 radical (unpaired) electrons. The molecule has 0 amide bonds. The van der Waals surface area contributed by atoms with Gasteiger partial charge >= 0.3 is 0 Å². The lowest BCUT2D eigenvalue weighted by Crippen LogP contribution is -2.49. The van der Waals surface area contributed by atoms with Gasteiger partial charge in [-0.3, -0.25) is 0 Å². The summed E-state index contributed by atoms with van der Waals surface area (Å²) in [5.74, 6) is -0.685. The van der Waals surface area contributed by atoms with E-state index in [9.17, 15) is 0 Å². The number of fused-ring (bicyclic) bond motifs is 2. The summed E-state index contributed by atoms with van der Waals surface area (Å²) in [7, 11) is 1.64. The molecule has 5 aliphatic heterocycles. The molecule has 4 fully saturated rings. The van der Waals surface area contributed by atoms with Gasteiger partial charge in [-0.2, -0.15) is 0 Å². The van der Waals surface area contributed by atoms with Gasteiger partial charge in [0.05, 0.1) is 20.3 Å². The Bertz CT molecular complexity index is 962. The maximum Gasteiger partial charge on any atom is 0.190 e. The second-order valence-electron chi connectivity index (χ2n) is 10.5. The summed E-state index contributed by atoms with van der Waals surface area (Å²) in [6, 6.07) is 7.63. The van der Waals surface area contributed by atoms with Gasteiger partial charge in [0, 0.05) is 5.56 Å². The van der Waals surface area contributed by atoms with Crippen LogP contribution in [0.4, 0.5) is 0 Å². The Morgan fingerprint density at radius 1 is 0.806 bits per heavy atom. The van der Waals surface area contributed by atoms with E-state index < -0.39 is 48.8 Å². The lowest BCUT2D eigenvalue weighted by atomic mass is 10.1. The zero-order valence-electron chi connectivity index (χ0n) is 21.2. The van der Waals surface area contributed by atoms with Crippen LogP contribution in [-0.2, 0) is 42.6 Å². The number of methoxy groups -OCH3 is 1. The molecule has 198 valence electrons. The highest BCUT2D eigenvalue weighted by Gasteiger charge is 2.59. The van der Waals surface area contributed by atoms with E-state index in [-0.39, 0.29) is 18.3 Å². The van der Waals surface area contributed by atoms with Crippen molar-refractivity contribution in [3.8, 4) is 5.75 Å². The first-order valence-corrected chi connectivity index (χ1v) is 12.4. The largest absolute Gasteiger partial charge is 0.497 e. The quantitative estimate of drug-likeness (QED) is 0.555. The van der Waals surface area contributed by atoms with Crippen molar-refractivity contribution in [2.75, 3.05) is 20.3 Å². The van der Waals surface area contributed by atoms with Crippen LogP contribution in [0.25, 0.3) is 0 Å². The fourth-order valence-electron chi connectivity index (χ4n) is 5.25. The van der Waals surface area contributed by atoms with Crippen molar-refractivity contribution in [2.45, 2.75) is 94.8 Å².